The maximum absolute atomic E-state index is 3.95. The molecule has 0 atom stereocenters. The van der Waals surface area contributed by atoms with E-state index in [-0.39, 0.29) is 0 Å². The van der Waals surface area contributed by atoms with Crippen LogP contribution in [0.25, 0.3) is 0 Å². The van der Waals surface area contributed by atoms with Crippen LogP contribution in [-0.4, -0.2) is 16.5 Å². The van der Waals surface area contributed by atoms with Gasteiger partial charge in [-0.05, 0) is 62.0 Å². The third-order valence-corrected chi connectivity index (χ3v) is 10.6. The Labute approximate surface area is 162 Å². The van der Waals surface area contributed by atoms with Crippen LogP contribution in [0.1, 0.15) is 22.3 Å². The third kappa shape index (κ3) is 5.48. The summed E-state index contributed by atoms with van der Waals surface area (Å²) in [6, 6.07) is 15.7. The second-order valence-corrected chi connectivity index (χ2v) is 18.1. The average Bonchev–Trinajstić information content (AvgIpc) is 2.53. The minimum Gasteiger partial charge on any atom is -0.410 e. The lowest BCUT2D eigenvalue weighted by molar-refractivity contribution is 1.24. The normalized spacial score (nSPS) is 12.2. The Morgan fingerprint density at radius 2 is 0.846 bits per heavy atom. The number of para-hydroxylation sites is 2. The summed E-state index contributed by atoms with van der Waals surface area (Å²) in [6.07, 6.45) is 0. The number of hydrogen-bond acceptors (Lipinski definition) is 2. The summed E-state index contributed by atoms with van der Waals surface area (Å²) < 4.78 is 0. The van der Waals surface area contributed by atoms with Crippen molar-refractivity contribution in [1.82, 2.24) is 0 Å². The van der Waals surface area contributed by atoms with Crippen LogP contribution >= 0.6 is 0 Å². The summed E-state index contributed by atoms with van der Waals surface area (Å²) in [5.74, 6) is 0. The lowest BCUT2D eigenvalue weighted by Crippen LogP contribution is -2.43. The topological polar surface area (TPSA) is 24.1 Å². The predicted octanol–water partition coefficient (Wildman–Crippen LogP) is 6.85. The molecule has 26 heavy (non-hydrogen) atoms. The van der Waals surface area contributed by atoms with Gasteiger partial charge in [-0.15, -0.1) is 0 Å². The van der Waals surface area contributed by atoms with E-state index in [2.05, 4.69) is 100 Å². The van der Waals surface area contributed by atoms with Crippen molar-refractivity contribution in [3.05, 3.63) is 58.7 Å². The standard InChI is InChI=1S/C22H36N2Si2/c1-17-11-9-12-18(2)21(17)23-25(5,6)15-16-26(7,8)24-22-19(3)13-10-14-20(22)4/h9-14,23-24H,15-16H2,1-8H3. The van der Waals surface area contributed by atoms with Crippen molar-refractivity contribution in [2.24, 2.45) is 0 Å². The number of hydrogen-bond donors (Lipinski definition) is 2. The van der Waals surface area contributed by atoms with Crippen LogP contribution in [0.4, 0.5) is 11.4 Å². The van der Waals surface area contributed by atoms with E-state index in [1.807, 2.05) is 0 Å². The first-order valence-corrected chi connectivity index (χ1v) is 16.1. The summed E-state index contributed by atoms with van der Waals surface area (Å²) in [5, 5.41) is 0. The predicted molar refractivity (Wildman–Crippen MR) is 124 cm³/mol. The maximum atomic E-state index is 3.95. The van der Waals surface area contributed by atoms with Crippen LogP contribution in [0.15, 0.2) is 36.4 Å². The highest BCUT2D eigenvalue weighted by Gasteiger charge is 2.29. The molecule has 0 saturated heterocycles. The molecule has 0 aliphatic carbocycles. The Kier molecular flexibility index (Phi) is 6.40. The van der Waals surface area contributed by atoms with Crippen molar-refractivity contribution in [1.29, 1.82) is 0 Å². The van der Waals surface area contributed by atoms with E-state index in [0.717, 1.165) is 0 Å². The van der Waals surface area contributed by atoms with Gasteiger partial charge in [-0.1, -0.05) is 62.6 Å². The molecule has 0 fully saturated rings. The quantitative estimate of drug-likeness (QED) is 0.510. The van der Waals surface area contributed by atoms with Gasteiger partial charge >= 0.3 is 0 Å². The number of anilines is 2. The fraction of sp³-hybridized carbons (Fsp3) is 0.455. The Hall–Kier alpha value is -1.53. The van der Waals surface area contributed by atoms with Gasteiger partial charge in [0.15, 0.2) is 0 Å². The van der Waals surface area contributed by atoms with Crippen LogP contribution in [0, 0.1) is 27.7 Å². The summed E-state index contributed by atoms with van der Waals surface area (Å²) in [4.78, 5) is 7.89. The van der Waals surface area contributed by atoms with Gasteiger partial charge in [0.05, 0.1) is 0 Å². The van der Waals surface area contributed by atoms with E-state index < -0.39 is 16.5 Å². The zero-order valence-corrected chi connectivity index (χ0v) is 19.9. The zero-order valence-electron chi connectivity index (χ0n) is 17.9. The second kappa shape index (κ2) is 8.01. The molecule has 0 spiro atoms. The van der Waals surface area contributed by atoms with Gasteiger partial charge in [0.1, 0.15) is 16.5 Å². The molecule has 0 aliphatic rings. The average molecular weight is 385 g/mol. The molecular formula is C22H36N2Si2. The molecule has 2 aromatic rings. The van der Waals surface area contributed by atoms with E-state index in [1.165, 1.54) is 45.7 Å². The molecule has 0 aliphatic heterocycles. The van der Waals surface area contributed by atoms with Crippen molar-refractivity contribution in [2.45, 2.75) is 66.0 Å². The Morgan fingerprint density at radius 3 is 1.12 bits per heavy atom. The SMILES string of the molecule is Cc1cccc(C)c1N[Si](C)(C)CC[Si](C)(C)Nc1c(C)cccc1C. The van der Waals surface area contributed by atoms with Gasteiger partial charge in [0.25, 0.3) is 0 Å². The molecule has 0 unspecified atom stereocenters. The van der Waals surface area contributed by atoms with E-state index >= 15 is 0 Å². The van der Waals surface area contributed by atoms with Gasteiger partial charge in [-0.2, -0.15) is 0 Å². The van der Waals surface area contributed by atoms with Crippen molar-refractivity contribution in [2.75, 3.05) is 9.96 Å². The zero-order chi connectivity index (χ0) is 19.5. The summed E-state index contributed by atoms with van der Waals surface area (Å²) >= 11 is 0. The molecule has 0 heterocycles. The highest BCUT2D eigenvalue weighted by Crippen LogP contribution is 2.29. The largest absolute Gasteiger partial charge is 0.410 e. The van der Waals surface area contributed by atoms with Crippen LogP contribution < -0.4 is 9.96 Å². The van der Waals surface area contributed by atoms with Crippen LogP contribution in [0.2, 0.25) is 38.3 Å². The molecule has 2 rings (SSSR count). The number of nitrogens with one attached hydrogen (secondary N) is 2. The second-order valence-electron chi connectivity index (χ2n) is 9.05. The van der Waals surface area contributed by atoms with E-state index in [4.69, 9.17) is 0 Å². The Balaban J connectivity index is 2.05. The van der Waals surface area contributed by atoms with Crippen LogP contribution in [0.5, 0.6) is 0 Å². The molecule has 4 heteroatoms. The molecular weight excluding hydrogens is 348 g/mol. The molecule has 2 aromatic carbocycles. The number of aryl methyl sites for hydroxylation is 4. The first kappa shape index (κ1) is 20.8. The summed E-state index contributed by atoms with van der Waals surface area (Å²) in [5.41, 5.74) is 8.13. The lowest BCUT2D eigenvalue weighted by Gasteiger charge is -2.32. The molecule has 0 radical (unpaired) electrons. The fourth-order valence-corrected chi connectivity index (χ4v) is 10.8. The molecule has 0 amide bonds. The van der Waals surface area contributed by atoms with Crippen molar-refractivity contribution in [3.8, 4) is 0 Å². The molecule has 142 valence electrons. The van der Waals surface area contributed by atoms with E-state index in [9.17, 15) is 0 Å². The number of benzene rings is 2. The van der Waals surface area contributed by atoms with Gasteiger partial charge in [0.2, 0.25) is 0 Å². The summed E-state index contributed by atoms with van der Waals surface area (Å²) in [7, 11) is -3.03. The lowest BCUT2D eigenvalue weighted by atomic mass is 10.1. The minimum atomic E-state index is -1.52. The minimum absolute atomic E-state index is 1.29. The van der Waals surface area contributed by atoms with Gasteiger partial charge < -0.3 is 9.96 Å². The van der Waals surface area contributed by atoms with Gasteiger partial charge in [-0.3, -0.25) is 0 Å². The molecule has 0 aromatic heterocycles. The third-order valence-electron chi connectivity index (χ3n) is 5.26. The maximum Gasteiger partial charge on any atom is 0.147 e. The highest BCUT2D eigenvalue weighted by atomic mass is 28.3. The number of rotatable bonds is 7. The molecule has 0 saturated carbocycles. The monoisotopic (exact) mass is 384 g/mol. The van der Waals surface area contributed by atoms with Gasteiger partial charge in [-0.25, -0.2) is 0 Å². The summed E-state index contributed by atoms with van der Waals surface area (Å²) in [6.45, 7) is 18.7. The van der Waals surface area contributed by atoms with E-state index in [1.54, 1.807) is 0 Å². The van der Waals surface area contributed by atoms with Crippen LogP contribution in [-0.2, 0) is 0 Å². The van der Waals surface area contributed by atoms with Crippen LogP contribution in [0.3, 0.4) is 0 Å². The molecule has 2 nitrogen and oxygen atoms in total. The first-order valence-electron chi connectivity index (χ1n) is 9.70. The van der Waals surface area contributed by atoms with Crippen molar-refractivity contribution >= 4 is 27.8 Å². The fourth-order valence-electron chi connectivity index (χ4n) is 3.45. The molecule has 2 N–H and O–H groups in total. The van der Waals surface area contributed by atoms with Crippen molar-refractivity contribution < 1.29 is 0 Å². The highest BCUT2D eigenvalue weighted by molar-refractivity contribution is 6.85. The Bertz CT molecular complexity index is 661. The molecule has 0 bridgehead atoms. The smallest absolute Gasteiger partial charge is 0.147 e. The van der Waals surface area contributed by atoms with E-state index in [0.29, 0.717) is 0 Å². The van der Waals surface area contributed by atoms with Crippen molar-refractivity contribution in [3.63, 3.8) is 0 Å². The van der Waals surface area contributed by atoms with Gasteiger partial charge in [0, 0.05) is 11.4 Å². The Morgan fingerprint density at radius 1 is 0.577 bits per heavy atom. The first-order chi connectivity index (χ1) is 12.0.